The first-order valence-corrected chi connectivity index (χ1v) is 6.98. The number of rotatable bonds is 6. The molecule has 19 heavy (non-hydrogen) atoms. The fraction of sp³-hybridized carbons (Fsp3) is 0.438. The summed E-state index contributed by atoms with van der Waals surface area (Å²) in [6.45, 7) is 7.68. The van der Waals surface area contributed by atoms with E-state index in [4.69, 9.17) is 0 Å². The molecule has 1 unspecified atom stereocenters. The lowest BCUT2D eigenvalue weighted by atomic mass is 10.1. The maximum absolute atomic E-state index is 4.43. The van der Waals surface area contributed by atoms with Gasteiger partial charge in [0.05, 0.1) is 5.69 Å². The molecule has 3 heteroatoms. The largest absolute Gasteiger partial charge is 0.314 e. The second kappa shape index (κ2) is 6.53. The van der Waals surface area contributed by atoms with E-state index in [1.165, 1.54) is 5.69 Å². The van der Waals surface area contributed by atoms with E-state index >= 15 is 0 Å². The molecule has 0 aliphatic rings. The molecule has 0 saturated carbocycles. The molecule has 2 aromatic rings. The van der Waals surface area contributed by atoms with Crippen LogP contribution in [0.2, 0.25) is 0 Å². The first-order valence-electron chi connectivity index (χ1n) is 6.98. The van der Waals surface area contributed by atoms with Crippen LogP contribution >= 0.6 is 0 Å². The molecule has 3 nitrogen and oxygen atoms in total. The van der Waals surface area contributed by atoms with Crippen molar-refractivity contribution in [1.29, 1.82) is 0 Å². The molecule has 102 valence electrons. The summed E-state index contributed by atoms with van der Waals surface area (Å²) >= 11 is 0. The summed E-state index contributed by atoms with van der Waals surface area (Å²) in [4.78, 5) is 0. The van der Waals surface area contributed by atoms with Crippen molar-refractivity contribution in [1.82, 2.24) is 15.1 Å². The van der Waals surface area contributed by atoms with Gasteiger partial charge < -0.3 is 5.32 Å². The van der Waals surface area contributed by atoms with Crippen molar-refractivity contribution >= 4 is 0 Å². The Hall–Kier alpha value is -1.61. The number of hydrogen-bond donors (Lipinski definition) is 1. The second-order valence-corrected chi connectivity index (χ2v) is 5.44. The van der Waals surface area contributed by atoms with Crippen LogP contribution in [0.5, 0.6) is 0 Å². The molecule has 0 fully saturated rings. The highest BCUT2D eigenvalue weighted by Crippen LogP contribution is 2.13. The first kappa shape index (κ1) is 13.8. The lowest BCUT2D eigenvalue weighted by molar-refractivity contribution is 0.469. The quantitative estimate of drug-likeness (QED) is 0.862. The molecule has 1 N–H and O–H groups in total. The minimum absolute atomic E-state index is 0.543. The van der Waals surface area contributed by atoms with Crippen LogP contribution in [0.3, 0.4) is 0 Å². The molecule has 0 bridgehead atoms. The molecule has 0 saturated heterocycles. The van der Waals surface area contributed by atoms with Gasteiger partial charge in [0.2, 0.25) is 0 Å². The average molecular weight is 257 g/mol. The standard InChI is InChI=1S/C16H23N3/c1-13(2)17-12-14(3)11-16-9-10-18-19(16)15-7-5-4-6-8-15/h4-10,13-14,17H,11-12H2,1-3H3. The zero-order valence-corrected chi connectivity index (χ0v) is 12.0. The molecule has 1 heterocycles. The van der Waals surface area contributed by atoms with Crippen LogP contribution in [0.25, 0.3) is 5.69 Å². The predicted molar refractivity (Wildman–Crippen MR) is 79.6 cm³/mol. The summed E-state index contributed by atoms with van der Waals surface area (Å²) in [5.74, 6) is 0.599. The van der Waals surface area contributed by atoms with Crippen molar-refractivity contribution in [2.24, 2.45) is 5.92 Å². The van der Waals surface area contributed by atoms with Gasteiger partial charge in [-0.25, -0.2) is 4.68 Å². The summed E-state index contributed by atoms with van der Waals surface area (Å²) < 4.78 is 2.03. The molecule has 0 aliphatic heterocycles. The molecular formula is C16H23N3. The summed E-state index contributed by atoms with van der Waals surface area (Å²) in [6, 6.07) is 13.0. The Kier molecular flexibility index (Phi) is 4.74. The summed E-state index contributed by atoms with van der Waals surface area (Å²) in [5.41, 5.74) is 2.40. The molecule has 2 rings (SSSR count). The lowest BCUT2D eigenvalue weighted by Gasteiger charge is -2.15. The van der Waals surface area contributed by atoms with E-state index in [1.54, 1.807) is 0 Å². The van der Waals surface area contributed by atoms with Crippen LogP contribution in [-0.2, 0) is 6.42 Å². The van der Waals surface area contributed by atoms with Gasteiger partial charge in [-0.05, 0) is 37.1 Å². The minimum Gasteiger partial charge on any atom is -0.314 e. The van der Waals surface area contributed by atoms with E-state index in [-0.39, 0.29) is 0 Å². The van der Waals surface area contributed by atoms with Crippen molar-refractivity contribution in [3.63, 3.8) is 0 Å². The molecular weight excluding hydrogens is 234 g/mol. The molecule has 0 amide bonds. The van der Waals surface area contributed by atoms with Crippen LogP contribution in [0.15, 0.2) is 42.6 Å². The highest BCUT2D eigenvalue weighted by atomic mass is 15.3. The van der Waals surface area contributed by atoms with Crippen LogP contribution in [-0.4, -0.2) is 22.4 Å². The predicted octanol–water partition coefficient (Wildman–Crippen LogP) is 3.05. The maximum atomic E-state index is 4.43. The summed E-state index contributed by atoms with van der Waals surface area (Å²) in [7, 11) is 0. The molecule has 1 aromatic carbocycles. The lowest BCUT2D eigenvalue weighted by Crippen LogP contribution is -2.29. The van der Waals surface area contributed by atoms with Crippen LogP contribution in [0.4, 0.5) is 0 Å². The number of aromatic nitrogens is 2. The monoisotopic (exact) mass is 257 g/mol. The minimum atomic E-state index is 0.543. The van der Waals surface area contributed by atoms with Gasteiger partial charge >= 0.3 is 0 Å². The van der Waals surface area contributed by atoms with Gasteiger partial charge in [-0.3, -0.25) is 0 Å². The number of nitrogens with zero attached hydrogens (tertiary/aromatic N) is 2. The summed E-state index contributed by atoms with van der Waals surface area (Å²) in [6.07, 6.45) is 2.92. The van der Waals surface area contributed by atoms with Crippen molar-refractivity contribution < 1.29 is 0 Å². The van der Waals surface area contributed by atoms with Gasteiger partial charge in [0.15, 0.2) is 0 Å². The van der Waals surface area contributed by atoms with Crippen molar-refractivity contribution in [2.75, 3.05) is 6.54 Å². The summed E-state index contributed by atoms with van der Waals surface area (Å²) in [5, 5.41) is 7.92. The van der Waals surface area contributed by atoms with Crippen molar-refractivity contribution in [3.05, 3.63) is 48.3 Å². The number of nitrogens with one attached hydrogen (secondary N) is 1. The van der Waals surface area contributed by atoms with E-state index in [2.05, 4.69) is 49.4 Å². The van der Waals surface area contributed by atoms with Crippen LogP contribution < -0.4 is 5.32 Å². The maximum Gasteiger partial charge on any atom is 0.0648 e. The molecule has 0 aliphatic carbocycles. The fourth-order valence-electron chi connectivity index (χ4n) is 2.15. The molecule has 0 radical (unpaired) electrons. The van der Waals surface area contributed by atoms with Gasteiger partial charge in [-0.15, -0.1) is 0 Å². The van der Waals surface area contributed by atoms with Gasteiger partial charge in [0, 0.05) is 17.9 Å². The SMILES string of the molecule is CC(CNC(C)C)Cc1ccnn1-c1ccccc1. The first-order chi connectivity index (χ1) is 9.16. The Bertz CT molecular complexity index is 488. The van der Waals surface area contributed by atoms with Gasteiger partial charge in [0.25, 0.3) is 0 Å². The number of para-hydroxylation sites is 1. The van der Waals surface area contributed by atoms with E-state index in [0.717, 1.165) is 18.7 Å². The third kappa shape index (κ3) is 3.93. The van der Waals surface area contributed by atoms with Crippen molar-refractivity contribution in [2.45, 2.75) is 33.2 Å². The third-order valence-electron chi connectivity index (χ3n) is 3.15. The Morgan fingerprint density at radius 1 is 1.11 bits per heavy atom. The Morgan fingerprint density at radius 2 is 1.84 bits per heavy atom. The number of benzene rings is 1. The van der Waals surface area contributed by atoms with E-state index in [1.807, 2.05) is 29.1 Å². The zero-order valence-electron chi connectivity index (χ0n) is 12.0. The number of hydrogen-bond acceptors (Lipinski definition) is 2. The third-order valence-corrected chi connectivity index (χ3v) is 3.15. The van der Waals surface area contributed by atoms with E-state index < -0.39 is 0 Å². The van der Waals surface area contributed by atoms with Gasteiger partial charge in [0.1, 0.15) is 0 Å². The van der Waals surface area contributed by atoms with Gasteiger partial charge in [-0.2, -0.15) is 5.10 Å². The highest BCUT2D eigenvalue weighted by molar-refractivity contribution is 5.32. The van der Waals surface area contributed by atoms with E-state index in [9.17, 15) is 0 Å². The smallest absolute Gasteiger partial charge is 0.0648 e. The van der Waals surface area contributed by atoms with Crippen molar-refractivity contribution in [3.8, 4) is 5.69 Å². The fourth-order valence-corrected chi connectivity index (χ4v) is 2.15. The zero-order chi connectivity index (χ0) is 13.7. The second-order valence-electron chi connectivity index (χ2n) is 5.44. The van der Waals surface area contributed by atoms with Gasteiger partial charge in [-0.1, -0.05) is 39.0 Å². The Labute approximate surface area is 115 Å². The Balaban J connectivity index is 2.04. The molecule has 1 aromatic heterocycles. The molecule has 1 atom stereocenters. The topological polar surface area (TPSA) is 29.9 Å². The van der Waals surface area contributed by atoms with E-state index in [0.29, 0.717) is 12.0 Å². The average Bonchev–Trinajstić information content (AvgIpc) is 2.85. The normalized spacial score (nSPS) is 12.8. The van der Waals surface area contributed by atoms with Crippen LogP contribution in [0, 0.1) is 5.92 Å². The molecule has 0 spiro atoms. The Morgan fingerprint density at radius 3 is 2.53 bits per heavy atom. The van der Waals surface area contributed by atoms with Crippen LogP contribution in [0.1, 0.15) is 26.5 Å². The highest BCUT2D eigenvalue weighted by Gasteiger charge is 2.09.